The van der Waals surface area contributed by atoms with E-state index in [9.17, 15) is 29.1 Å². The van der Waals surface area contributed by atoms with E-state index in [0.717, 1.165) is 32.1 Å². The summed E-state index contributed by atoms with van der Waals surface area (Å²) >= 11 is 0. The average Bonchev–Trinajstić information content (AvgIpc) is 3.06. The van der Waals surface area contributed by atoms with Crippen LogP contribution in [0.1, 0.15) is 119 Å². The maximum Gasteiger partial charge on any atom is 0.330 e. The lowest BCUT2D eigenvalue weighted by Crippen LogP contribution is -2.66. The fraction of sp³-hybridized carbons (Fsp3) is 0.651. The standard InChI is InChI=1S/C43H56O9/c1-25-15-20-42(38(48)49)21-22-43(24-50-36(47)14-10-29-9-12-31(51-27(3)44)32(23-29)52-28(4)45)30(37(42)26(25)2)11-13-34-40(7)18-17-35(46)39(5,6)33(40)16-19-41(34,43)8/h9-12,14,23,25-26,33-34,37H,13,15-22,24H2,1-8H3,(H,48,49)/b14-10+/t25-,26+,33?,34-,37?,40+,41-,42+,43+/m1/s1. The molecule has 2 unspecified atom stereocenters. The molecule has 0 bridgehead atoms. The summed E-state index contributed by atoms with van der Waals surface area (Å²) in [7, 11) is 0. The molecule has 282 valence electrons. The average molecular weight is 717 g/mol. The molecule has 6 rings (SSSR count). The number of allylic oxidation sites excluding steroid dienone is 1. The summed E-state index contributed by atoms with van der Waals surface area (Å²) in [5, 5.41) is 10.9. The Bertz CT molecular complexity index is 1740. The summed E-state index contributed by atoms with van der Waals surface area (Å²) in [4.78, 5) is 63.5. The molecule has 0 heterocycles. The van der Waals surface area contributed by atoms with E-state index in [1.54, 1.807) is 12.1 Å². The lowest BCUT2D eigenvalue weighted by atomic mass is 9.33. The Hall–Kier alpha value is -3.75. The predicted octanol–water partition coefficient (Wildman–Crippen LogP) is 8.39. The number of carbonyl (C=O) groups is 5. The lowest BCUT2D eigenvalue weighted by molar-refractivity contribution is -0.204. The van der Waals surface area contributed by atoms with E-state index >= 15 is 0 Å². The summed E-state index contributed by atoms with van der Waals surface area (Å²) in [6, 6.07) is 4.67. The number of carboxylic acids is 1. The Morgan fingerprint density at radius 2 is 1.58 bits per heavy atom. The second-order valence-corrected chi connectivity index (χ2v) is 17.8. The van der Waals surface area contributed by atoms with Gasteiger partial charge in [0, 0.05) is 37.2 Å². The number of aliphatic carboxylic acids is 1. The Kier molecular flexibility index (Phi) is 9.70. The third-order valence-electron chi connectivity index (χ3n) is 15.2. The number of rotatable bonds is 7. The van der Waals surface area contributed by atoms with Crippen molar-refractivity contribution in [2.24, 2.45) is 56.7 Å². The van der Waals surface area contributed by atoms with Crippen molar-refractivity contribution in [1.29, 1.82) is 0 Å². The maximum atomic E-state index is 13.6. The summed E-state index contributed by atoms with van der Waals surface area (Å²) in [5.74, 6) is -1.02. The van der Waals surface area contributed by atoms with Gasteiger partial charge in [-0.1, -0.05) is 59.3 Å². The van der Waals surface area contributed by atoms with Crippen LogP contribution in [0.15, 0.2) is 35.9 Å². The Morgan fingerprint density at radius 1 is 0.885 bits per heavy atom. The van der Waals surface area contributed by atoms with Gasteiger partial charge in [0.05, 0.1) is 5.41 Å². The van der Waals surface area contributed by atoms with Crippen molar-refractivity contribution in [3.63, 3.8) is 0 Å². The van der Waals surface area contributed by atoms with Gasteiger partial charge in [0.25, 0.3) is 0 Å². The third kappa shape index (κ3) is 5.85. The smallest absolute Gasteiger partial charge is 0.330 e. The first kappa shape index (κ1) is 38.0. The van der Waals surface area contributed by atoms with Crippen molar-refractivity contribution >= 4 is 35.7 Å². The normalized spacial score (nSPS) is 37.7. The van der Waals surface area contributed by atoms with Crippen molar-refractivity contribution in [2.45, 2.75) is 113 Å². The van der Waals surface area contributed by atoms with Gasteiger partial charge in [0.15, 0.2) is 11.5 Å². The minimum Gasteiger partial charge on any atom is -0.481 e. The van der Waals surface area contributed by atoms with Crippen LogP contribution in [-0.4, -0.2) is 41.4 Å². The van der Waals surface area contributed by atoms with E-state index in [0.29, 0.717) is 42.9 Å². The second kappa shape index (κ2) is 13.3. The van der Waals surface area contributed by atoms with Gasteiger partial charge in [-0.25, -0.2) is 4.79 Å². The minimum atomic E-state index is -0.841. The van der Waals surface area contributed by atoms with Crippen molar-refractivity contribution < 1.29 is 43.3 Å². The van der Waals surface area contributed by atoms with E-state index < -0.39 is 40.1 Å². The summed E-state index contributed by atoms with van der Waals surface area (Å²) < 4.78 is 16.7. The van der Waals surface area contributed by atoms with Crippen LogP contribution < -0.4 is 9.47 Å². The molecular formula is C43H56O9. The van der Waals surface area contributed by atoms with Gasteiger partial charge in [-0.15, -0.1) is 0 Å². The first-order valence-electron chi connectivity index (χ1n) is 19.2. The molecule has 4 saturated carbocycles. The molecular weight excluding hydrogens is 660 g/mol. The molecule has 0 radical (unpaired) electrons. The zero-order valence-corrected chi connectivity index (χ0v) is 32.1. The van der Waals surface area contributed by atoms with Gasteiger partial charge < -0.3 is 19.3 Å². The lowest BCUT2D eigenvalue weighted by Gasteiger charge is -2.71. The maximum absolute atomic E-state index is 13.6. The molecule has 0 amide bonds. The van der Waals surface area contributed by atoms with Gasteiger partial charge in [-0.2, -0.15) is 0 Å². The monoisotopic (exact) mass is 716 g/mol. The van der Waals surface area contributed by atoms with Crippen LogP contribution in [0.4, 0.5) is 0 Å². The zero-order valence-electron chi connectivity index (χ0n) is 32.1. The molecule has 1 aromatic carbocycles. The highest BCUT2D eigenvalue weighted by Gasteiger charge is 2.71. The van der Waals surface area contributed by atoms with E-state index in [4.69, 9.17) is 14.2 Å². The number of hydrogen-bond acceptors (Lipinski definition) is 8. The number of Topliss-reactive ketones (excluding diaryl/α,β-unsaturated/α-hetero) is 1. The second-order valence-electron chi connectivity index (χ2n) is 17.8. The fourth-order valence-electron chi connectivity index (χ4n) is 12.3. The molecule has 9 nitrogen and oxygen atoms in total. The molecule has 0 spiro atoms. The molecule has 4 fully saturated rings. The first-order chi connectivity index (χ1) is 24.3. The highest BCUT2D eigenvalue weighted by Crippen LogP contribution is 2.75. The molecule has 0 saturated heterocycles. The molecule has 0 aromatic heterocycles. The fourth-order valence-corrected chi connectivity index (χ4v) is 12.3. The third-order valence-corrected chi connectivity index (χ3v) is 15.2. The Balaban J connectivity index is 1.37. The molecule has 9 heteroatoms. The number of ketones is 1. The molecule has 9 atom stereocenters. The van der Waals surface area contributed by atoms with Crippen LogP contribution in [0.5, 0.6) is 11.5 Å². The van der Waals surface area contributed by atoms with Gasteiger partial charge in [0.2, 0.25) is 0 Å². The zero-order chi connectivity index (χ0) is 38.0. The van der Waals surface area contributed by atoms with Crippen LogP contribution in [-0.2, 0) is 28.7 Å². The Morgan fingerprint density at radius 3 is 2.25 bits per heavy atom. The largest absolute Gasteiger partial charge is 0.481 e. The predicted molar refractivity (Wildman–Crippen MR) is 195 cm³/mol. The SMILES string of the molecule is CC(=O)Oc1ccc(/C=C/C(=O)OC[C@@]23CC[C@@]4(C(=O)O)CC[C@@H](C)[C@H](C)C4C2=CC[C@@H]2[C@@]4(C)CCC(=O)C(C)(C)C4CC[C@]23C)cc1OC(C)=O. The van der Waals surface area contributed by atoms with Crippen molar-refractivity contribution in [2.75, 3.05) is 6.61 Å². The number of benzene rings is 1. The number of carbonyl (C=O) groups excluding carboxylic acids is 4. The van der Waals surface area contributed by atoms with Gasteiger partial charge >= 0.3 is 23.9 Å². The van der Waals surface area contributed by atoms with Crippen LogP contribution >= 0.6 is 0 Å². The highest BCUT2D eigenvalue weighted by atomic mass is 16.6. The number of esters is 3. The number of hydrogen-bond donors (Lipinski definition) is 1. The number of carboxylic acid groups (broad SMARTS) is 1. The molecule has 5 aliphatic carbocycles. The van der Waals surface area contributed by atoms with E-state index in [-0.39, 0.29) is 52.6 Å². The van der Waals surface area contributed by atoms with E-state index in [2.05, 4.69) is 47.6 Å². The molecule has 1 N–H and O–H groups in total. The van der Waals surface area contributed by atoms with Crippen LogP contribution in [0.3, 0.4) is 0 Å². The molecule has 52 heavy (non-hydrogen) atoms. The number of fused-ring (bicyclic) bond motifs is 7. The van der Waals surface area contributed by atoms with Crippen molar-refractivity contribution in [1.82, 2.24) is 0 Å². The molecule has 1 aromatic rings. The van der Waals surface area contributed by atoms with Crippen molar-refractivity contribution in [3.8, 4) is 11.5 Å². The highest BCUT2D eigenvalue weighted by molar-refractivity contribution is 5.87. The van der Waals surface area contributed by atoms with E-state index in [1.165, 1.54) is 37.6 Å². The van der Waals surface area contributed by atoms with Crippen molar-refractivity contribution in [3.05, 3.63) is 41.5 Å². The van der Waals surface area contributed by atoms with Crippen LogP contribution in [0.25, 0.3) is 6.08 Å². The van der Waals surface area contributed by atoms with Gasteiger partial charge in [-0.3, -0.25) is 19.2 Å². The van der Waals surface area contributed by atoms with Gasteiger partial charge in [-0.05, 0) is 116 Å². The molecule has 5 aliphatic rings. The topological polar surface area (TPSA) is 133 Å². The van der Waals surface area contributed by atoms with Crippen LogP contribution in [0, 0.1) is 56.7 Å². The number of ether oxygens (including phenoxy) is 3. The van der Waals surface area contributed by atoms with Gasteiger partial charge in [0.1, 0.15) is 12.4 Å². The summed E-state index contributed by atoms with van der Waals surface area (Å²) in [6.07, 6.45) is 12.0. The Labute approximate surface area is 307 Å². The quantitative estimate of drug-likeness (QED) is 0.128. The van der Waals surface area contributed by atoms with E-state index in [1.807, 2.05) is 0 Å². The molecule has 0 aliphatic heterocycles. The first-order valence-corrected chi connectivity index (χ1v) is 19.2. The van der Waals surface area contributed by atoms with Crippen LogP contribution in [0.2, 0.25) is 0 Å². The summed E-state index contributed by atoms with van der Waals surface area (Å²) in [6.45, 7) is 16.1. The summed E-state index contributed by atoms with van der Waals surface area (Å²) in [5.41, 5.74) is -0.451. The minimum absolute atomic E-state index is 0.0599.